The van der Waals surface area contributed by atoms with Gasteiger partial charge in [0.15, 0.2) is 5.96 Å². The van der Waals surface area contributed by atoms with Crippen molar-refractivity contribution in [3.05, 3.63) is 65.2 Å². The minimum Gasteiger partial charge on any atom is -0.368 e. The number of aliphatic imine (C=N–C) groups is 1. The largest absolute Gasteiger partial charge is 0.368 e. The monoisotopic (exact) mass is 536 g/mol. The maximum atomic E-state index is 12.3. The second-order valence-corrected chi connectivity index (χ2v) is 7.36. The number of anilines is 1. The van der Waals surface area contributed by atoms with Gasteiger partial charge < -0.3 is 20.7 Å². The zero-order chi connectivity index (χ0) is 21.2. The molecule has 0 radical (unpaired) electrons. The average molecular weight is 536 g/mol. The molecule has 1 amide bonds. The number of hydrogen-bond acceptors (Lipinski definition) is 3. The summed E-state index contributed by atoms with van der Waals surface area (Å²) in [6.45, 7) is 6.93. The fourth-order valence-corrected chi connectivity index (χ4v) is 3.52. The summed E-state index contributed by atoms with van der Waals surface area (Å²) in [5.74, 6) is 0.704. The van der Waals surface area contributed by atoms with Crippen molar-refractivity contribution in [2.45, 2.75) is 52.3 Å². The van der Waals surface area contributed by atoms with Gasteiger partial charge in [0.1, 0.15) is 6.10 Å². The summed E-state index contributed by atoms with van der Waals surface area (Å²) in [5.41, 5.74) is 4.43. The summed E-state index contributed by atoms with van der Waals surface area (Å²) < 4.78 is 5.45. The molecule has 1 aliphatic rings. The average Bonchev–Trinajstić information content (AvgIpc) is 3.31. The van der Waals surface area contributed by atoms with Crippen LogP contribution < -0.4 is 16.0 Å². The summed E-state index contributed by atoms with van der Waals surface area (Å²) in [6.07, 6.45) is 2.41. The van der Waals surface area contributed by atoms with Crippen LogP contribution in [0.5, 0.6) is 0 Å². The normalized spacial score (nSPS) is 15.8. The van der Waals surface area contributed by atoms with E-state index in [2.05, 4.69) is 54.1 Å². The molecule has 3 rings (SSSR count). The van der Waals surface area contributed by atoms with E-state index in [1.807, 2.05) is 24.3 Å². The van der Waals surface area contributed by atoms with Crippen molar-refractivity contribution in [3.63, 3.8) is 0 Å². The summed E-state index contributed by atoms with van der Waals surface area (Å²) >= 11 is 0. The van der Waals surface area contributed by atoms with Crippen LogP contribution in [0.25, 0.3) is 0 Å². The van der Waals surface area contributed by atoms with Crippen LogP contribution in [0.4, 0.5) is 5.69 Å². The van der Waals surface area contributed by atoms with E-state index in [9.17, 15) is 4.79 Å². The summed E-state index contributed by atoms with van der Waals surface area (Å²) in [4.78, 5) is 17.0. The van der Waals surface area contributed by atoms with Crippen LogP contribution in [-0.4, -0.2) is 31.1 Å². The fourth-order valence-electron chi connectivity index (χ4n) is 3.52. The number of halogens is 1. The van der Waals surface area contributed by atoms with Crippen LogP contribution in [-0.2, 0) is 29.0 Å². The van der Waals surface area contributed by atoms with Crippen molar-refractivity contribution in [2.75, 3.05) is 18.5 Å². The molecule has 1 unspecified atom stereocenters. The highest BCUT2D eigenvalue weighted by Crippen LogP contribution is 2.16. The van der Waals surface area contributed by atoms with Crippen LogP contribution in [0.15, 0.2) is 53.5 Å². The number of nitrogens with zero attached hydrogens (tertiary/aromatic N) is 1. The predicted molar refractivity (Wildman–Crippen MR) is 137 cm³/mol. The quantitative estimate of drug-likeness (QED) is 0.268. The molecule has 0 aliphatic carbocycles. The molecule has 2 aromatic rings. The molecule has 7 heteroatoms. The summed E-state index contributed by atoms with van der Waals surface area (Å²) in [6, 6.07) is 16.3. The first-order valence-electron chi connectivity index (χ1n) is 10.8. The van der Waals surface area contributed by atoms with E-state index in [0.717, 1.165) is 49.6 Å². The number of amides is 1. The zero-order valence-corrected chi connectivity index (χ0v) is 20.6. The van der Waals surface area contributed by atoms with E-state index in [4.69, 9.17) is 9.73 Å². The molecule has 0 saturated carbocycles. The first kappa shape index (κ1) is 25.1. The minimum atomic E-state index is -0.331. The smallest absolute Gasteiger partial charge is 0.253 e. The standard InChI is InChI=1S/C24H32N4O2.HI/c1-3-19-10-5-6-11-20(19)17-27-24(25-4-2)26-16-18-9-7-12-21(15-18)28-23(29)22-13-8-14-30-22;/h5-7,9-12,15,22H,3-4,8,13-14,16-17H2,1-2H3,(H,28,29)(H2,25,26,27);1H. The Morgan fingerprint density at radius 1 is 1.10 bits per heavy atom. The molecule has 1 fully saturated rings. The minimum absolute atomic E-state index is 0. The predicted octanol–water partition coefficient (Wildman–Crippen LogP) is 4.24. The van der Waals surface area contributed by atoms with Crippen LogP contribution in [0.3, 0.4) is 0 Å². The lowest BCUT2D eigenvalue weighted by Gasteiger charge is -2.14. The van der Waals surface area contributed by atoms with E-state index in [1.54, 1.807) is 0 Å². The van der Waals surface area contributed by atoms with E-state index >= 15 is 0 Å². The number of carbonyl (C=O) groups excluding carboxylic acids is 1. The molecule has 0 bridgehead atoms. The molecular formula is C24H33IN4O2. The fraction of sp³-hybridized carbons (Fsp3) is 0.417. The third kappa shape index (κ3) is 7.81. The van der Waals surface area contributed by atoms with E-state index in [1.165, 1.54) is 11.1 Å². The number of benzene rings is 2. The second-order valence-electron chi connectivity index (χ2n) is 7.36. The van der Waals surface area contributed by atoms with Crippen LogP contribution in [0.1, 0.15) is 43.4 Å². The molecule has 31 heavy (non-hydrogen) atoms. The number of nitrogens with one attached hydrogen (secondary N) is 3. The highest BCUT2D eigenvalue weighted by atomic mass is 127. The molecular weight excluding hydrogens is 503 g/mol. The third-order valence-electron chi connectivity index (χ3n) is 5.13. The van der Waals surface area contributed by atoms with Crippen LogP contribution in [0.2, 0.25) is 0 Å². The summed E-state index contributed by atoms with van der Waals surface area (Å²) in [5, 5.41) is 9.67. The Balaban J connectivity index is 0.00000341. The maximum Gasteiger partial charge on any atom is 0.253 e. The Morgan fingerprint density at radius 3 is 2.61 bits per heavy atom. The van der Waals surface area contributed by atoms with Gasteiger partial charge in [-0.25, -0.2) is 4.99 Å². The maximum absolute atomic E-state index is 12.3. The van der Waals surface area contributed by atoms with Gasteiger partial charge in [0.05, 0.1) is 6.54 Å². The number of carbonyl (C=O) groups is 1. The molecule has 2 aromatic carbocycles. The molecule has 1 aliphatic heterocycles. The highest BCUT2D eigenvalue weighted by Gasteiger charge is 2.23. The van der Waals surface area contributed by atoms with Crippen molar-refractivity contribution >= 4 is 41.5 Å². The van der Waals surface area contributed by atoms with E-state index in [-0.39, 0.29) is 36.0 Å². The van der Waals surface area contributed by atoms with Gasteiger partial charge in [-0.1, -0.05) is 43.3 Å². The Kier molecular flexibility index (Phi) is 10.8. The van der Waals surface area contributed by atoms with Gasteiger partial charge in [-0.2, -0.15) is 0 Å². The molecule has 6 nitrogen and oxygen atoms in total. The lowest BCUT2D eigenvalue weighted by atomic mass is 10.1. The molecule has 1 heterocycles. The number of guanidine groups is 1. The molecule has 1 atom stereocenters. The Labute approximate surface area is 202 Å². The highest BCUT2D eigenvalue weighted by molar-refractivity contribution is 14.0. The van der Waals surface area contributed by atoms with Gasteiger partial charge in [0, 0.05) is 25.4 Å². The van der Waals surface area contributed by atoms with Crippen molar-refractivity contribution < 1.29 is 9.53 Å². The van der Waals surface area contributed by atoms with Crippen LogP contribution in [0, 0.1) is 0 Å². The number of hydrogen-bond donors (Lipinski definition) is 3. The van der Waals surface area contributed by atoms with Gasteiger partial charge >= 0.3 is 0 Å². The van der Waals surface area contributed by atoms with Crippen LogP contribution >= 0.6 is 24.0 Å². The Morgan fingerprint density at radius 2 is 1.90 bits per heavy atom. The molecule has 0 aromatic heterocycles. The Bertz CT molecular complexity index is 866. The van der Waals surface area contributed by atoms with Gasteiger partial charge in [-0.3, -0.25) is 4.79 Å². The Hall–Kier alpha value is -2.13. The second kappa shape index (κ2) is 13.3. The lowest BCUT2D eigenvalue weighted by molar-refractivity contribution is -0.124. The summed E-state index contributed by atoms with van der Waals surface area (Å²) in [7, 11) is 0. The van der Waals surface area contributed by atoms with Gasteiger partial charge in [0.2, 0.25) is 0 Å². The van der Waals surface area contributed by atoms with Gasteiger partial charge in [0.25, 0.3) is 5.91 Å². The number of rotatable bonds is 8. The van der Waals surface area contributed by atoms with Crippen molar-refractivity contribution in [1.29, 1.82) is 0 Å². The first-order chi connectivity index (χ1) is 14.7. The van der Waals surface area contributed by atoms with Crippen molar-refractivity contribution in [2.24, 2.45) is 4.99 Å². The van der Waals surface area contributed by atoms with Gasteiger partial charge in [-0.05, 0) is 55.0 Å². The van der Waals surface area contributed by atoms with E-state index < -0.39 is 0 Å². The molecule has 0 spiro atoms. The van der Waals surface area contributed by atoms with Gasteiger partial charge in [-0.15, -0.1) is 24.0 Å². The molecule has 3 N–H and O–H groups in total. The molecule has 168 valence electrons. The first-order valence-corrected chi connectivity index (χ1v) is 10.8. The lowest BCUT2D eigenvalue weighted by Crippen LogP contribution is -2.37. The van der Waals surface area contributed by atoms with Crippen molar-refractivity contribution in [3.8, 4) is 0 Å². The third-order valence-corrected chi connectivity index (χ3v) is 5.13. The SMILES string of the molecule is CCNC(=NCc1cccc(NC(=O)C2CCCO2)c1)NCc1ccccc1CC.I. The topological polar surface area (TPSA) is 74.8 Å². The number of ether oxygens (including phenoxy) is 1. The molecule has 1 saturated heterocycles. The van der Waals surface area contributed by atoms with Crippen molar-refractivity contribution in [1.82, 2.24) is 10.6 Å². The van der Waals surface area contributed by atoms with E-state index in [0.29, 0.717) is 13.2 Å². The number of aryl methyl sites for hydroxylation is 1. The zero-order valence-electron chi connectivity index (χ0n) is 18.3.